The predicted octanol–water partition coefficient (Wildman–Crippen LogP) is 10.4. The van der Waals surface area contributed by atoms with E-state index < -0.39 is 5.60 Å². The number of nitrogens with one attached hydrogen (secondary N) is 1. The number of aliphatic hydroxyl groups is 1. The zero-order valence-electron chi connectivity index (χ0n) is 28.2. The van der Waals surface area contributed by atoms with Gasteiger partial charge in [-0.3, -0.25) is 14.4 Å². The molecule has 0 unspecified atom stereocenters. The molecule has 1 aliphatic heterocycles. The minimum Gasteiger partial charge on any atom is -0.385 e. The van der Waals surface area contributed by atoms with Gasteiger partial charge in [0.2, 0.25) is 0 Å². The average Bonchev–Trinajstić information content (AvgIpc) is 3.90. The maximum atomic E-state index is 13.7. The van der Waals surface area contributed by atoms with Crippen LogP contribution < -0.4 is 10.2 Å². The maximum Gasteiger partial charge on any atom is 0.173 e. The molecule has 1 aliphatic carbocycles. The molecule has 2 N–H and O–H groups in total. The van der Waals surface area contributed by atoms with Gasteiger partial charge in [-0.25, -0.2) is 17.6 Å². The number of hydrogen-bond acceptors (Lipinski definition) is 6. The van der Waals surface area contributed by atoms with Crippen LogP contribution in [0.25, 0.3) is 0 Å². The number of carbonyl (C=O) groups is 3. The Kier molecular flexibility index (Phi) is 17.3. The first kappa shape index (κ1) is 43.7. The number of piperazine rings is 1. The van der Waals surface area contributed by atoms with Crippen LogP contribution >= 0.6 is 63.7 Å². The van der Waals surface area contributed by atoms with Crippen LogP contribution in [0.4, 0.5) is 23.2 Å². The quantitative estimate of drug-likeness (QED) is 0.109. The molecule has 0 aromatic heterocycles. The first-order chi connectivity index (χ1) is 24.6. The number of ketones is 3. The van der Waals surface area contributed by atoms with E-state index in [0.29, 0.717) is 42.2 Å². The molecular formula is C38H36Br4F4N2O4. The van der Waals surface area contributed by atoms with E-state index in [1.807, 2.05) is 11.8 Å². The lowest BCUT2D eigenvalue weighted by molar-refractivity contribution is 0.0984. The number of halogens is 8. The van der Waals surface area contributed by atoms with Gasteiger partial charge in [0.1, 0.15) is 23.3 Å². The van der Waals surface area contributed by atoms with Crippen molar-refractivity contribution in [2.45, 2.75) is 38.7 Å². The van der Waals surface area contributed by atoms with E-state index in [1.165, 1.54) is 55.5 Å². The number of Topliss-reactive ketones (excluding diaryl/α,β-unsaturated/α-hetero) is 3. The second kappa shape index (κ2) is 20.6. The van der Waals surface area contributed by atoms with Gasteiger partial charge >= 0.3 is 0 Å². The van der Waals surface area contributed by atoms with Crippen LogP contribution in [0.2, 0.25) is 0 Å². The molecule has 278 valence electrons. The van der Waals surface area contributed by atoms with Crippen molar-refractivity contribution in [3.8, 4) is 0 Å². The van der Waals surface area contributed by atoms with E-state index in [4.69, 9.17) is 0 Å². The number of alkyl halides is 1. The molecule has 4 aromatic rings. The molecular weight excluding hydrogens is 944 g/mol. The molecule has 1 saturated heterocycles. The molecule has 0 atom stereocenters. The highest BCUT2D eigenvalue weighted by Gasteiger charge is 2.42. The molecule has 0 amide bonds. The van der Waals surface area contributed by atoms with Gasteiger partial charge in [-0.05, 0) is 140 Å². The van der Waals surface area contributed by atoms with Gasteiger partial charge in [0.15, 0.2) is 17.3 Å². The smallest absolute Gasteiger partial charge is 0.173 e. The molecule has 1 heterocycles. The molecule has 6 rings (SSSR count). The van der Waals surface area contributed by atoms with Crippen molar-refractivity contribution < 1.29 is 37.1 Å². The molecule has 14 heteroatoms. The first-order valence-electron chi connectivity index (χ1n) is 16.1. The van der Waals surface area contributed by atoms with Gasteiger partial charge in [0.25, 0.3) is 0 Å². The van der Waals surface area contributed by atoms with Crippen molar-refractivity contribution >= 4 is 86.8 Å². The molecule has 52 heavy (non-hydrogen) atoms. The summed E-state index contributed by atoms with van der Waals surface area (Å²) in [5, 5.41) is 13.1. The standard InChI is InChI=1S/C13H17FN2O.C9H8BrFO.C8H5Br2FO.C8H6BrFO/c1-2-13(17)10-3-4-11(14)12(9-10)16-7-5-15-6-8-16;10-7-5-6(1-2-8(7)11)9(12)3-4-9;9-4-8(12)5-1-2-7(11)6(10)3-5;1-5(11)6-2-3-8(10)7(9)4-6/h3-4,9,15H,2,5-8H2,1H3;1-2,5,12H,3-4H2;1-3H,4H2;2-4H,1H3. The largest absolute Gasteiger partial charge is 0.385 e. The zero-order valence-corrected chi connectivity index (χ0v) is 34.6. The second-order valence-corrected chi connectivity index (χ2v) is 14.8. The van der Waals surface area contributed by atoms with Gasteiger partial charge < -0.3 is 15.3 Å². The fraction of sp³-hybridized carbons (Fsp3) is 0.289. The van der Waals surface area contributed by atoms with Crippen LogP contribution in [-0.4, -0.2) is 54.0 Å². The van der Waals surface area contributed by atoms with Gasteiger partial charge in [-0.15, -0.1) is 0 Å². The maximum absolute atomic E-state index is 13.7. The summed E-state index contributed by atoms with van der Waals surface area (Å²) < 4.78 is 52.9. The normalized spacial score (nSPS) is 14.0. The third-order valence-electron chi connectivity index (χ3n) is 7.92. The van der Waals surface area contributed by atoms with Gasteiger partial charge in [0, 0.05) is 49.3 Å². The van der Waals surface area contributed by atoms with Gasteiger partial charge in [-0.1, -0.05) is 28.9 Å². The van der Waals surface area contributed by atoms with Crippen molar-refractivity contribution in [2.75, 3.05) is 36.4 Å². The summed E-state index contributed by atoms with van der Waals surface area (Å²) >= 11 is 12.1. The van der Waals surface area contributed by atoms with Gasteiger partial charge in [-0.2, -0.15) is 0 Å². The highest BCUT2D eigenvalue weighted by molar-refractivity contribution is 9.11. The van der Waals surface area contributed by atoms with Crippen LogP contribution in [-0.2, 0) is 5.60 Å². The Labute approximate surface area is 333 Å². The summed E-state index contributed by atoms with van der Waals surface area (Å²) in [6.07, 6.45) is 2.02. The Bertz CT molecular complexity index is 1890. The van der Waals surface area contributed by atoms with Crippen molar-refractivity contribution in [2.24, 2.45) is 0 Å². The summed E-state index contributed by atoms with van der Waals surface area (Å²) in [5.74, 6) is -1.32. The minimum atomic E-state index is -0.670. The SMILES string of the molecule is CC(=O)c1ccc(F)c(Br)c1.CCC(=O)c1ccc(F)c(N2CCNCC2)c1.O=C(CBr)c1ccc(F)c(Br)c1.OC1(c2ccc(F)c(Br)c2)CC1. The molecule has 0 bridgehead atoms. The first-order valence-corrected chi connectivity index (χ1v) is 19.6. The summed E-state index contributed by atoms with van der Waals surface area (Å²) in [6, 6.07) is 17.7. The molecule has 1 saturated carbocycles. The number of nitrogens with zero attached hydrogens (tertiary/aromatic N) is 1. The fourth-order valence-corrected chi connectivity index (χ4v) is 6.15. The molecule has 0 spiro atoms. The van der Waals surface area contributed by atoms with Crippen molar-refractivity contribution in [1.29, 1.82) is 0 Å². The lowest BCUT2D eigenvalue weighted by Crippen LogP contribution is -2.43. The van der Waals surface area contributed by atoms with E-state index in [9.17, 15) is 37.1 Å². The number of carbonyl (C=O) groups excluding carboxylic acids is 3. The highest BCUT2D eigenvalue weighted by atomic mass is 79.9. The minimum absolute atomic E-state index is 0.0568. The Morgan fingerprint density at radius 2 is 1.17 bits per heavy atom. The monoisotopic (exact) mass is 976 g/mol. The van der Waals surface area contributed by atoms with E-state index in [2.05, 4.69) is 69.0 Å². The summed E-state index contributed by atoms with van der Waals surface area (Å²) in [7, 11) is 0. The Hall–Kier alpha value is -2.75. The second-order valence-electron chi connectivity index (χ2n) is 11.7. The Morgan fingerprint density at radius 1 is 0.712 bits per heavy atom. The van der Waals surface area contributed by atoms with Crippen LogP contribution in [0.5, 0.6) is 0 Å². The number of hydrogen-bond donors (Lipinski definition) is 2. The summed E-state index contributed by atoms with van der Waals surface area (Å²) in [6.45, 7) is 6.52. The third-order valence-corrected chi connectivity index (χ3v) is 10.2. The lowest BCUT2D eigenvalue weighted by atomic mass is 10.1. The van der Waals surface area contributed by atoms with Crippen LogP contribution in [0, 0.1) is 23.3 Å². The van der Waals surface area contributed by atoms with Crippen molar-refractivity contribution in [1.82, 2.24) is 5.32 Å². The number of rotatable bonds is 7. The fourth-order valence-electron chi connectivity index (χ4n) is 4.69. The topological polar surface area (TPSA) is 86.7 Å². The zero-order chi connectivity index (χ0) is 38.6. The molecule has 6 nitrogen and oxygen atoms in total. The van der Waals surface area contributed by atoms with Crippen LogP contribution in [0.15, 0.2) is 86.2 Å². The third kappa shape index (κ3) is 13.0. The molecule has 2 aliphatic rings. The van der Waals surface area contributed by atoms with E-state index >= 15 is 0 Å². The molecule has 2 fully saturated rings. The predicted molar refractivity (Wildman–Crippen MR) is 210 cm³/mol. The average molecular weight is 980 g/mol. The highest BCUT2D eigenvalue weighted by Crippen LogP contribution is 2.45. The Balaban J connectivity index is 0.000000190. The number of benzene rings is 4. The summed E-state index contributed by atoms with van der Waals surface area (Å²) in [4.78, 5) is 35.4. The van der Waals surface area contributed by atoms with Gasteiger partial charge in [0.05, 0.1) is 30.0 Å². The van der Waals surface area contributed by atoms with E-state index in [1.54, 1.807) is 24.3 Å². The summed E-state index contributed by atoms with van der Waals surface area (Å²) in [5.41, 5.74) is 2.29. The molecule has 0 radical (unpaired) electrons. The van der Waals surface area contributed by atoms with Crippen molar-refractivity contribution in [3.05, 3.63) is 132 Å². The molecule has 4 aromatic carbocycles. The lowest BCUT2D eigenvalue weighted by Gasteiger charge is -2.29. The van der Waals surface area contributed by atoms with Crippen LogP contribution in [0.3, 0.4) is 0 Å². The van der Waals surface area contributed by atoms with E-state index in [0.717, 1.165) is 44.6 Å². The number of anilines is 1. The Morgan fingerprint density at radius 3 is 1.63 bits per heavy atom. The van der Waals surface area contributed by atoms with Crippen molar-refractivity contribution in [3.63, 3.8) is 0 Å². The van der Waals surface area contributed by atoms with Crippen LogP contribution in [0.1, 0.15) is 69.7 Å². The van der Waals surface area contributed by atoms with E-state index in [-0.39, 0.29) is 45.9 Å².